The lowest BCUT2D eigenvalue weighted by Gasteiger charge is -2.02. The van der Waals surface area contributed by atoms with Crippen molar-refractivity contribution < 1.29 is 21.8 Å². The molecule has 1 aromatic rings. The predicted molar refractivity (Wildman–Crippen MR) is 40.9 cm³/mol. The number of halogens is 2. The fraction of sp³-hybridized carbons (Fsp3) is 0.143. The van der Waals surface area contributed by atoms with Crippen LogP contribution in [0, 0.1) is 18.6 Å². The van der Waals surface area contributed by atoms with Crippen LogP contribution in [0.4, 0.5) is 8.78 Å². The first kappa shape index (κ1) is 10.1. The van der Waals surface area contributed by atoms with Gasteiger partial charge in [-0.25, -0.2) is 8.78 Å². The van der Waals surface area contributed by atoms with E-state index in [9.17, 15) is 17.2 Å². The maximum atomic E-state index is 13.0. The van der Waals surface area contributed by atoms with Crippen LogP contribution in [0.3, 0.4) is 0 Å². The van der Waals surface area contributed by atoms with E-state index >= 15 is 0 Å². The second-order valence-electron chi connectivity index (χ2n) is 2.46. The van der Waals surface area contributed by atoms with Crippen molar-refractivity contribution in [1.82, 2.24) is 0 Å². The Morgan fingerprint density at radius 2 is 1.85 bits per heavy atom. The van der Waals surface area contributed by atoms with Crippen LogP contribution < -0.4 is 0 Å². The van der Waals surface area contributed by atoms with Crippen molar-refractivity contribution >= 4 is 10.1 Å². The second kappa shape index (κ2) is 3.04. The largest absolute Gasteiger partial charge is 0.297 e. The Morgan fingerprint density at radius 3 is 2.31 bits per heavy atom. The van der Waals surface area contributed by atoms with E-state index in [4.69, 9.17) is 4.55 Å². The fourth-order valence-electron chi connectivity index (χ4n) is 0.836. The van der Waals surface area contributed by atoms with Crippen molar-refractivity contribution in [2.75, 3.05) is 0 Å². The number of hydrogen-bond donors (Lipinski definition) is 1. The molecular weight excluding hydrogens is 202 g/mol. The Hall–Kier alpha value is -1.01. The zero-order valence-corrected chi connectivity index (χ0v) is 7.40. The molecule has 0 fully saturated rings. The van der Waals surface area contributed by atoms with Gasteiger partial charge in [0.25, 0.3) is 10.1 Å². The summed E-state index contributed by atoms with van der Waals surface area (Å²) in [6, 6.07) is 1.45. The maximum absolute atomic E-state index is 13.0. The molecule has 0 aliphatic heterocycles. The van der Waals surface area contributed by atoms with E-state index in [0.717, 1.165) is 13.0 Å². The summed E-state index contributed by atoms with van der Waals surface area (Å²) >= 11 is 0. The topological polar surface area (TPSA) is 54.4 Å². The second-order valence-corrected chi connectivity index (χ2v) is 3.85. The van der Waals surface area contributed by atoms with Crippen LogP contribution >= 0.6 is 0 Å². The number of benzene rings is 1. The van der Waals surface area contributed by atoms with E-state index in [0.29, 0.717) is 6.07 Å². The molecule has 72 valence electrons. The third kappa shape index (κ3) is 1.84. The summed E-state index contributed by atoms with van der Waals surface area (Å²) in [5, 5.41) is 0. The summed E-state index contributed by atoms with van der Waals surface area (Å²) in [5.74, 6) is -2.12. The third-order valence-corrected chi connectivity index (χ3v) is 2.43. The molecule has 0 radical (unpaired) electrons. The SMILES string of the molecule is Cc1c(F)ccc(S(=O)(=O)O)c1F. The molecule has 0 unspecified atom stereocenters. The van der Waals surface area contributed by atoms with Crippen LogP contribution in [-0.4, -0.2) is 13.0 Å². The Balaban J connectivity index is 3.53. The lowest BCUT2D eigenvalue weighted by molar-refractivity contribution is 0.469. The molecule has 1 aromatic carbocycles. The summed E-state index contributed by atoms with van der Waals surface area (Å²) in [7, 11) is -4.61. The summed E-state index contributed by atoms with van der Waals surface area (Å²) in [5.41, 5.74) is -0.435. The van der Waals surface area contributed by atoms with Crippen LogP contribution in [-0.2, 0) is 10.1 Å². The highest BCUT2D eigenvalue weighted by atomic mass is 32.2. The van der Waals surface area contributed by atoms with Crippen molar-refractivity contribution in [3.05, 3.63) is 29.3 Å². The van der Waals surface area contributed by atoms with Crippen LogP contribution in [0.5, 0.6) is 0 Å². The van der Waals surface area contributed by atoms with Gasteiger partial charge in [-0.2, -0.15) is 8.42 Å². The maximum Gasteiger partial charge on any atom is 0.297 e. The zero-order valence-electron chi connectivity index (χ0n) is 6.58. The van der Waals surface area contributed by atoms with Crippen molar-refractivity contribution in [3.63, 3.8) is 0 Å². The van der Waals surface area contributed by atoms with E-state index in [2.05, 4.69) is 0 Å². The lowest BCUT2D eigenvalue weighted by Crippen LogP contribution is -2.04. The molecule has 1 rings (SSSR count). The van der Waals surface area contributed by atoms with Crippen LogP contribution in [0.1, 0.15) is 5.56 Å². The molecule has 0 aliphatic carbocycles. The van der Waals surface area contributed by atoms with E-state index in [1.807, 2.05) is 0 Å². The summed E-state index contributed by atoms with van der Waals surface area (Å²) in [6.45, 7) is 1.08. The van der Waals surface area contributed by atoms with Crippen LogP contribution in [0.2, 0.25) is 0 Å². The van der Waals surface area contributed by atoms with Gasteiger partial charge in [0, 0.05) is 5.56 Å². The molecule has 0 spiro atoms. The number of rotatable bonds is 1. The third-order valence-electron chi connectivity index (χ3n) is 1.56. The molecule has 0 aromatic heterocycles. The molecule has 0 heterocycles. The quantitative estimate of drug-likeness (QED) is 0.712. The minimum absolute atomic E-state index is 0.435. The van der Waals surface area contributed by atoms with Crippen LogP contribution in [0.25, 0.3) is 0 Å². The summed E-state index contributed by atoms with van der Waals surface area (Å²) < 4.78 is 55.1. The van der Waals surface area contributed by atoms with E-state index in [-0.39, 0.29) is 0 Å². The first-order valence-corrected chi connectivity index (χ1v) is 4.70. The molecule has 0 aliphatic rings. The van der Waals surface area contributed by atoms with E-state index in [1.54, 1.807) is 0 Å². The predicted octanol–water partition coefficient (Wildman–Crippen LogP) is 1.52. The normalized spacial score (nSPS) is 11.7. The molecule has 3 nitrogen and oxygen atoms in total. The molecular formula is C7H6F2O3S. The molecule has 0 amide bonds. The minimum Gasteiger partial charge on any atom is -0.282 e. The first-order chi connectivity index (χ1) is 5.84. The molecule has 1 N–H and O–H groups in total. The molecule has 13 heavy (non-hydrogen) atoms. The highest BCUT2D eigenvalue weighted by Gasteiger charge is 2.18. The average molecular weight is 208 g/mol. The van der Waals surface area contributed by atoms with E-state index < -0.39 is 32.2 Å². The van der Waals surface area contributed by atoms with Crippen molar-refractivity contribution in [1.29, 1.82) is 0 Å². The standard InChI is InChI=1S/C7H6F2O3S/c1-4-5(8)2-3-6(7(4)9)13(10,11)12/h2-3H,1H3,(H,10,11,12). The summed E-state index contributed by atoms with van der Waals surface area (Å²) in [4.78, 5) is -0.911. The smallest absolute Gasteiger partial charge is 0.282 e. The van der Waals surface area contributed by atoms with Gasteiger partial charge in [-0.1, -0.05) is 0 Å². The van der Waals surface area contributed by atoms with Crippen molar-refractivity contribution in [2.45, 2.75) is 11.8 Å². The average Bonchev–Trinajstić information content (AvgIpc) is 1.98. The van der Waals surface area contributed by atoms with Gasteiger partial charge >= 0.3 is 0 Å². The molecule has 6 heteroatoms. The van der Waals surface area contributed by atoms with E-state index in [1.165, 1.54) is 0 Å². The monoisotopic (exact) mass is 208 g/mol. The fourth-order valence-corrected chi connectivity index (χ4v) is 1.46. The highest BCUT2D eigenvalue weighted by Crippen LogP contribution is 2.19. The Morgan fingerprint density at radius 1 is 1.31 bits per heavy atom. The van der Waals surface area contributed by atoms with Gasteiger partial charge in [-0.3, -0.25) is 4.55 Å². The minimum atomic E-state index is -4.61. The van der Waals surface area contributed by atoms with Crippen molar-refractivity contribution in [2.24, 2.45) is 0 Å². The van der Waals surface area contributed by atoms with Gasteiger partial charge in [-0.05, 0) is 19.1 Å². The van der Waals surface area contributed by atoms with Gasteiger partial charge in [0.1, 0.15) is 16.5 Å². The Labute approximate surface area is 73.8 Å². The molecule has 0 bridgehead atoms. The Bertz CT molecular complexity index is 439. The molecule has 0 atom stereocenters. The van der Waals surface area contributed by atoms with Gasteiger partial charge in [0.15, 0.2) is 0 Å². The van der Waals surface area contributed by atoms with Gasteiger partial charge in [0.2, 0.25) is 0 Å². The zero-order chi connectivity index (χ0) is 10.2. The first-order valence-electron chi connectivity index (χ1n) is 3.26. The van der Waals surface area contributed by atoms with Crippen molar-refractivity contribution in [3.8, 4) is 0 Å². The number of hydrogen-bond acceptors (Lipinski definition) is 2. The van der Waals surface area contributed by atoms with Gasteiger partial charge in [-0.15, -0.1) is 0 Å². The Kier molecular flexibility index (Phi) is 2.36. The highest BCUT2D eigenvalue weighted by molar-refractivity contribution is 7.85. The van der Waals surface area contributed by atoms with Gasteiger partial charge in [0.05, 0.1) is 0 Å². The van der Waals surface area contributed by atoms with Crippen LogP contribution in [0.15, 0.2) is 17.0 Å². The van der Waals surface area contributed by atoms with Gasteiger partial charge < -0.3 is 0 Å². The molecule has 0 saturated carbocycles. The lowest BCUT2D eigenvalue weighted by atomic mass is 10.2. The summed E-state index contributed by atoms with van der Waals surface area (Å²) in [6.07, 6.45) is 0. The molecule has 0 saturated heterocycles.